The molecule has 1 saturated heterocycles. The lowest BCUT2D eigenvalue weighted by atomic mass is 10.2. The molecule has 0 spiro atoms. The Hall–Kier alpha value is -1.15. The van der Waals surface area contributed by atoms with Gasteiger partial charge in [-0.2, -0.15) is 0 Å². The normalized spacial score (nSPS) is 19.0. The molecule has 1 atom stereocenters. The fourth-order valence-corrected chi connectivity index (χ4v) is 1.99. The number of carbonyl (C=O) groups is 2. The number of urea groups is 1. The average molecular weight is 405 g/mol. The Morgan fingerprint density at radius 1 is 1.22 bits per heavy atom. The number of aliphatic imine (C=N–C) groups is 1. The van der Waals surface area contributed by atoms with Crippen LogP contribution in [-0.2, 0) is 4.79 Å². The Morgan fingerprint density at radius 2 is 1.83 bits per heavy atom. The van der Waals surface area contributed by atoms with Gasteiger partial charge >= 0.3 is 6.03 Å². The van der Waals surface area contributed by atoms with E-state index in [4.69, 9.17) is 46.4 Å². The lowest BCUT2D eigenvalue weighted by Gasteiger charge is -2.18. The highest BCUT2D eigenvalue weighted by Crippen LogP contribution is 2.35. The van der Waals surface area contributed by atoms with Gasteiger partial charge in [0.05, 0.1) is 5.69 Å². The number of anilines is 1. The number of halogens is 6. The zero-order chi connectivity index (χ0) is 17.5. The number of amidine groups is 1. The second-order valence-electron chi connectivity index (χ2n) is 4.41. The minimum atomic E-state index is -2.06. The summed E-state index contributed by atoms with van der Waals surface area (Å²) in [5, 5.41) is 0. The molecule has 1 heterocycles. The van der Waals surface area contributed by atoms with Crippen molar-refractivity contribution in [3.05, 3.63) is 29.8 Å². The first-order valence-corrected chi connectivity index (χ1v) is 7.47. The lowest BCUT2D eigenvalue weighted by Crippen LogP contribution is -2.34. The summed E-state index contributed by atoms with van der Waals surface area (Å²) < 4.78 is 24.9. The van der Waals surface area contributed by atoms with Crippen LogP contribution < -0.4 is 4.90 Å². The number of imide groups is 1. The Bertz CT molecular complexity index is 708. The second-order valence-corrected chi connectivity index (χ2v) is 7.19. The largest absolute Gasteiger partial charge is 0.337 e. The second kappa shape index (κ2) is 6.39. The quantitative estimate of drug-likeness (QED) is 0.428. The number of likely N-dealkylation sites (N-methyl/N-ethyl adjacent to an activating group) is 1. The van der Waals surface area contributed by atoms with Crippen molar-refractivity contribution in [2.24, 2.45) is 4.99 Å². The van der Waals surface area contributed by atoms with Crippen molar-refractivity contribution >= 4 is 69.9 Å². The Morgan fingerprint density at radius 3 is 2.35 bits per heavy atom. The molecule has 1 aromatic rings. The van der Waals surface area contributed by atoms with Gasteiger partial charge in [-0.25, -0.2) is 23.5 Å². The molecule has 1 fully saturated rings. The average Bonchev–Trinajstić information content (AvgIpc) is 2.63. The van der Waals surface area contributed by atoms with Crippen molar-refractivity contribution in [3.63, 3.8) is 0 Å². The van der Waals surface area contributed by atoms with Gasteiger partial charge in [0.15, 0.2) is 5.50 Å². The first-order chi connectivity index (χ1) is 10.5. The van der Waals surface area contributed by atoms with Crippen LogP contribution in [0.25, 0.3) is 0 Å². The molecule has 5 nitrogen and oxygen atoms in total. The van der Waals surface area contributed by atoms with Gasteiger partial charge in [0.25, 0.3) is 5.91 Å². The fraction of sp³-hybridized carbons (Fsp3) is 0.250. The Kier molecular flexibility index (Phi) is 5.06. The van der Waals surface area contributed by atoms with Gasteiger partial charge in [-0.3, -0.25) is 9.69 Å². The van der Waals surface area contributed by atoms with Crippen molar-refractivity contribution in [3.8, 4) is 0 Å². The number of hydrogen-bond donors (Lipinski definition) is 0. The standard InChI is InChI=1S/C12H7Cl4F2N3O2/c1-20-9(22)8(19-10(13)12(14,15)16)21(11(20)23)7-3-2-5(17)4-6(7)18/h2-4,10H,1H3. The van der Waals surface area contributed by atoms with Crippen molar-refractivity contribution in [1.29, 1.82) is 0 Å². The van der Waals surface area contributed by atoms with Crippen LogP contribution in [0.15, 0.2) is 23.2 Å². The van der Waals surface area contributed by atoms with E-state index in [-0.39, 0.29) is 5.69 Å². The predicted molar refractivity (Wildman–Crippen MR) is 84.4 cm³/mol. The van der Waals surface area contributed by atoms with E-state index in [1.807, 2.05) is 0 Å². The van der Waals surface area contributed by atoms with E-state index < -0.39 is 38.7 Å². The van der Waals surface area contributed by atoms with E-state index in [2.05, 4.69) is 4.99 Å². The zero-order valence-corrected chi connectivity index (χ0v) is 14.3. The van der Waals surface area contributed by atoms with Crippen LogP contribution in [0.4, 0.5) is 19.3 Å². The summed E-state index contributed by atoms with van der Waals surface area (Å²) in [6.07, 6.45) is 0. The van der Waals surface area contributed by atoms with Gasteiger partial charge in [0.2, 0.25) is 9.63 Å². The van der Waals surface area contributed by atoms with E-state index in [9.17, 15) is 18.4 Å². The summed E-state index contributed by atoms with van der Waals surface area (Å²) in [5.74, 6) is -3.35. The number of amides is 3. The summed E-state index contributed by atoms with van der Waals surface area (Å²) in [6, 6.07) is 1.53. The van der Waals surface area contributed by atoms with Crippen molar-refractivity contribution in [2.75, 3.05) is 11.9 Å². The molecule has 1 unspecified atom stereocenters. The molecule has 124 valence electrons. The third kappa shape index (κ3) is 3.52. The summed E-state index contributed by atoms with van der Waals surface area (Å²) in [6.45, 7) is 0. The highest BCUT2D eigenvalue weighted by molar-refractivity contribution is 6.70. The summed E-state index contributed by atoms with van der Waals surface area (Å²) in [7, 11) is 1.15. The number of benzene rings is 1. The van der Waals surface area contributed by atoms with Gasteiger partial charge in [-0.05, 0) is 12.1 Å². The topological polar surface area (TPSA) is 53.0 Å². The molecule has 0 bridgehead atoms. The molecule has 3 amide bonds. The van der Waals surface area contributed by atoms with Crippen LogP contribution in [0.2, 0.25) is 0 Å². The van der Waals surface area contributed by atoms with Gasteiger partial charge in [-0.15, -0.1) is 0 Å². The van der Waals surface area contributed by atoms with E-state index in [0.29, 0.717) is 15.9 Å². The van der Waals surface area contributed by atoms with Crippen molar-refractivity contribution in [1.82, 2.24) is 4.90 Å². The molecule has 0 aromatic heterocycles. The molecule has 0 aliphatic carbocycles. The maximum Gasteiger partial charge on any atom is 0.337 e. The number of alkyl halides is 4. The fourth-order valence-electron chi connectivity index (χ4n) is 1.75. The molecule has 2 rings (SSSR count). The van der Waals surface area contributed by atoms with E-state index in [1.54, 1.807) is 0 Å². The van der Waals surface area contributed by atoms with Gasteiger partial charge < -0.3 is 0 Å². The first kappa shape index (κ1) is 18.2. The molecule has 0 N–H and O–H groups in total. The van der Waals surface area contributed by atoms with E-state index in [1.165, 1.54) is 0 Å². The zero-order valence-electron chi connectivity index (χ0n) is 11.2. The smallest absolute Gasteiger partial charge is 0.265 e. The summed E-state index contributed by atoms with van der Waals surface area (Å²) >= 11 is 22.5. The molecule has 11 heteroatoms. The third-order valence-corrected chi connectivity index (χ3v) is 4.22. The van der Waals surface area contributed by atoms with Gasteiger partial charge in [0, 0.05) is 13.1 Å². The molecule has 1 aliphatic heterocycles. The maximum absolute atomic E-state index is 13.9. The molecule has 0 radical (unpaired) electrons. The van der Waals surface area contributed by atoms with Crippen LogP contribution in [0.3, 0.4) is 0 Å². The highest BCUT2D eigenvalue weighted by atomic mass is 35.6. The van der Waals surface area contributed by atoms with Crippen LogP contribution in [-0.4, -0.2) is 39.0 Å². The Balaban J connectivity index is 2.56. The lowest BCUT2D eigenvalue weighted by molar-refractivity contribution is -0.119. The number of hydrogen-bond acceptors (Lipinski definition) is 3. The monoisotopic (exact) mass is 403 g/mol. The van der Waals surface area contributed by atoms with Crippen molar-refractivity contribution in [2.45, 2.75) is 9.29 Å². The molecular weight excluding hydrogens is 398 g/mol. The Labute approximate surface area is 149 Å². The van der Waals surface area contributed by atoms with Gasteiger partial charge in [0.1, 0.15) is 11.6 Å². The third-order valence-electron chi connectivity index (χ3n) is 2.84. The van der Waals surface area contributed by atoms with E-state index in [0.717, 1.165) is 19.2 Å². The number of carbonyl (C=O) groups excluding carboxylic acids is 2. The minimum absolute atomic E-state index is 0.388. The van der Waals surface area contributed by atoms with Crippen LogP contribution in [0, 0.1) is 11.6 Å². The van der Waals surface area contributed by atoms with Gasteiger partial charge in [-0.1, -0.05) is 46.4 Å². The molecule has 1 aliphatic rings. The maximum atomic E-state index is 13.9. The van der Waals surface area contributed by atoms with E-state index >= 15 is 0 Å². The first-order valence-electron chi connectivity index (χ1n) is 5.90. The molecular formula is C12H7Cl4F2N3O2. The van der Waals surface area contributed by atoms with Crippen molar-refractivity contribution < 1.29 is 18.4 Å². The summed E-state index contributed by atoms with van der Waals surface area (Å²) in [5.41, 5.74) is -1.90. The van der Waals surface area contributed by atoms with Crippen LogP contribution in [0.1, 0.15) is 0 Å². The molecule has 1 aromatic carbocycles. The number of rotatable bonds is 2. The number of nitrogens with zero attached hydrogens (tertiary/aromatic N) is 3. The predicted octanol–water partition coefficient (Wildman–Crippen LogP) is 3.70. The SMILES string of the molecule is CN1C(=O)C(=NC(Cl)C(Cl)(Cl)Cl)N(c2ccc(F)cc2F)C1=O. The van der Waals surface area contributed by atoms with Crippen LogP contribution in [0.5, 0.6) is 0 Å². The summed E-state index contributed by atoms with van der Waals surface area (Å²) in [4.78, 5) is 29.2. The molecule has 0 saturated carbocycles. The highest BCUT2D eigenvalue weighted by Gasteiger charge is 2.44. The molecule has 23 heavy (non-hydrogen) atoms. The van der Waals surface area contributed by atoms with Crippen LogP contribution >= 0.6 is 46.4 Å². The minimum Gasteiger partial charge on any atom is -0.265 e.